The van der Waals surface area contributed by atoms with Crippen LogP contribution in [-0.4, -0.2) is 34.7 Å². The van der Waals surface area contributed by atoms with Gasteiger partial charge in [0.1, 0.15) is 0 Å². The molecule has 0 aromatic heterocycles. The molecule has 1 unspecified atom stereocenters. The Balaban J connectivity index is 3.23. The first-order valence-electron chi connectivity index (χ1n) is 9.22. The molecule has 0 aliphatic heterocycles. The smallest absolute Gasteiger partial charge is 0.303 e. The molecule has 3 N–H and O–H groups in total. The molecular weight excluding hydrogens is 294 g/mol. The standard InChI is InChI=1S/C18H35NO4/c1-2-16(20)12-8-5-3-4-6-9-13-17(21)19-15-11-7-10-14-18(22)23/h16,20H,2-15H2,1H3,(H,19,21)(H,22,23). The molecule has 5 nitrogen and oxygen atoms in total. The molecular formula is C18H35NO4. The number of aliphatic hydroxyl groups is 1. The van der Waals surface area contributed by atoms with Crippen LogP contribution < -0.4 is 5.32 Å². The number of carbonyl (C=O) groups is 2. The minimum Gasteiger partial charge on any atom is -0.481 e. The van der Waals surface area contributed by atoms with Crippen LogP contribution in [0.4, 0.5) is 0 Å². The van der Waals surface area contributed by atoms with Crippen molar-refractivity contribution >= 4 is 11.9 Å². The highest BCUT2D eigenvalue weighted by atomic mass is 16.4. The molecule has 0 saturated carbocycles. The highest BCUT2D eigenvalue weighted by Gasteiger charge is 2.02. The minimum absolute atomic E-state index is 0.106. The van der Waals surface area contributed by atoms with Gasteiger partial charge in [-0.2, -0.15) is 0 Å². The Morgan fingerprint density at radius 1 is 0.870 bits per heavy atom. The van der Waals surface area contributed by atoms with Crippen LogP contribution in [0.5, 0.6) is 0 Å². The van der Waals surface area contributed by atoms with Crippen LogP contribution >= 0.6 is 0 Å². The van der Waals surface area contributed by atoms with E-state index in [4.69, 9.17) is 5.11 Å². The number of rotatable bonds is 16. The Morgan fingerprint density at radius 3 is 2.09 bits per heavy atom. The van der Waals surface area contributed by atoms with Gasteiger partial charge >= 0.3 is 5.97 Å². The molecule has 0 spiro atoms. The van der Waals surface area contributed by atoms with Crippen molar-refractivity contribution in [1.29, 1.82) is 0 Å². The molecule has 0 aromatic rings. The van der Waals surface area contributed by atoms with Crippen molar-refractivity contribution in [3.63, 3.8) is 0 Å². The van der Waals surface area contributed by atoms with E-state index in [0.29, 0.717) is 19.4 Å². The van der Waals surface area contributed by atoms with E-state index in [-0.39, 0.29) is 18.4 Å². The highest BCUT2D eigenvalue weighted by molar-refractivity contribution is 5.75. The summed E-state index contributed by atoms with van der Waals surface area (Å²) >= 11 is 0. The van der Waals surface area contributed by atoms with Gasteiger partial charge in [-0.15, -0.1) is 0 Å². The van der Waals surface area contributed by atoms with Gasteiger partial charge in [-0.1, -0.05) is 45.4 Å². The molecule has 0 aliphatic carbocycles. The van der Waals surface area contributed by atoms with E-state index in [1.807, 2.05) is 6.92 Å². The number of hydrogen-bond acceptors (Lipinski definition) is 3. The first-order chi connectivity index (χ1) is 11.1. The van der Waals surface area contributed by atoms with Gasteiger partial charge in [0.25, 0.3) is 0 Å². The average Bonchev–Trinajstić information content (AvgIpc) is 2.52. The second-order valence-electron chi connectivity index (χ2n) is 6.28. The summed E-state index contributed by atoms with van der Waals surface area (Å²) in [5, 5.41) is 20.8. The molecule has 0 rings (SSSR count). The minimum atomic E-state index is -0.754. The van der Waals surface area contributed by atoms with Crippen molar-refractivity contribution < 1.29 is 19.8 Å². The molecule has 0 radical (unpaired) electrons. The molecule has 136 valence electrons. The van der Waals surface area contributed by atoms with Crippen molar-refractivity contribution in [1.82, 2.24) is 5.32 Å². The Bertz CT molecular complexity index is 307. The lowest BCUT2D eigenvalue weighted by Gasteiger charge is -2.07. The quantitative estimate of drug-likeness (QED) is 0.377. The third-order valence-electron chi connectivity index (χ3n) is 4.05. The summed E-state index contributed by atoms with van der Waals surface area (Å²) in [6.07, 6.45) is 11.4. The molecule has 0 fully saturated rings. The number of aliphatic hydroxyl groups excluding tert-OH is 1. The van der Waals surface area contributed by atoms with Gasteiger partial charge in [-0.25, -0.2) is 0 Å². The van der Waals surface area contributed by atoms with Crippen LogP contribution in [0.1, 0.15) is 90.4 Å². The van der Waals surface area contributed by atoms with Crippen molar-refractivity contribution in [2.75, 3.05) is 6.54 Å². The Hall–Kier alpha value is -1.10. The van der Waals surface area contributed by atoms with Crippen LogP contribution in [0.2, 0.25) is 0 Å². The third kappa shape index (κ3) is 17.1. The number of unbranched alkanes of at least 4 members (excludes halogenated alkanes) is 7. The Kier molecular flexibility index (Phi) is 15.0. The van der Waals surface area contributed by atoms with Crippen LogP contribution in [0.15, 0.2) is 0 Å². The second-order valence-corrected chi connectivity index (χ2v) is 6.28. The molecule has 5 heteroatoms. The largest absolute Gasteiger partial charge is 0.481 e. The predicted molar refractivity (Wildman–Crippen MR) is 92.3 cm³/mol. The summed E-state index contributed by atoms with van der Waals surface area (Å²) in [7, 11) is 0. The summed E-state index contributed by atoms with van der Waals surface area (Å²) in [5.74, 6) is -0.648. The SMILES string of the molecule is CCC(O)CCCCCCCCC(=O)NCCCCCC(=O)O. The van der Waals surface area contributed by atoms with Crippen molar-refractivity contribution in [3.05, 3.63) is 0 Å². The highest BCUT2D eigenvalue weighted by Crippen LogP contribution is 2.10. The average molecular weight is 329 g/mol. The topological polar surface area (TPSA) is 86.6 Å². The van der Waals surface area contributed by atoms with Gasteiger partial charge in [0, 0.05) is 19.4 Å². The maximum atomic E-state index is 11.6. The van der Waals surface area contributed by atoms with Crippen LogP contribution in [0, 0.1) is 0 Å². The van der Waals surface area contributed by atoms with E-state index in [1.54, 1.807) is 0 Å². The molecule has 0 aliphatic rings. The zero-order chi connectivity index (χ0) is 17.3. The fourth-order valence-corrected chi connectivity index (χ4v) is 2.47. The molecule has 0 heterocycles. The number of nitrogens with one attached hydrogen (secondary N) is 1. The van der Waals surface area contributed by atoms with E-state index in [1.165, 1.54) is 12.8 Å². The van der Waals surface area contributed by atoms with Crippen LogP contribution in [-0.2, 0) is 9.59 Å². The van der Waals surface area contributed by atoms with Gasteiger partial charge in [-0.05, 0) is 32.1 Å². The first-order valence-corrected chi connectivity index (χ1v) is 9.22. The number of carboxylic acids is 1. The zero-order valence-electron chi connectivity index (χ0n) is 14.7. The summed E-state index contributed by atoms with van der Waals surface area (Å²) in [6, 6.07) is 0. The number of hydrogen-bond donors (Lipinski definition) is 3. The van der Waals surface area contributed by atoms with E-state index < -0.39 is 5.97 Å². The van der Waals surface area contributed by atoms with Crippen molar-refractivity contribution in [3.8, 4) is 0 Å². The van der Waals surface area contributed by atoms with Crippen LogP contribution in [0.3, 0.4) is 0 Å². The fraction of sp³-hybridized carbons (Fsp3) is 0.889. The van der Waals surface area contributed by atoms with Crippen molar-refractivity contribution in [2.45, 2.75) is 96.5 Å². The molecule has 0 bridgehead atoms. The number of carboxylic acid groups (broad SMARTS) is 1. The summed E-state index contributed by atoms with van der Waals surface area (Å²) in [4.78, 5) is 21.9. The lowest BCUT2D eigenvalue weighted by molar-refractivity contribution is -0.137. The number of aliphatic carboxylic acids is 1. The van der Waals surface area contributed by atoms with Gasteiger partial charge in [0.15, 0.2) is 0 Å². The number of carbonyl (C=O) groups excluding carboxylic acids is 1. The maximum absolute atomic E-state index is 11.6. The predicted octanol–water partition coefficient (Wildman–Crippen LogP) is 3.64. The van der Waals surface area contributed by atoms with Gasteiger partial charge in [0.2, 0.25) is 5.91 Å². The second kappa shape index (κ2) is 15.8. The third-order valence-corrected chi connectivity index (χ3v) is 4.05. The van der Waals surface area contributed by atoms with Crippen molar-refractivity contribution in [2.24, 2.45) is 0 Å². The molecule has 0 saturated heterocycles. The summed E-state index contributed by atoms with van der Waals surface area (Å²) < 4.78 is 0. The van der Waals surface area contributed by atoms with E-state index >= 15 is 0 Å². The van der Waals surface area contributed by atoms with Gasteiger partial charge in [0.05, 0.1) is 6.10 Å². The van der Waals surface area contributed by atoms with E-state index in [9.17, 15) is 14.7 Å². The Morgan fingerprint density at radius 2 is 1.43 bits per heavy atom. The van der Waals surface area contributed by atoms with E-state index in [2.05, 4.69) is 5.32 Å². The monoisotopic (exact) mass is 329 g/mol. The molecule has 1 amide bonds. The molecule has 23 heavy (non-hydrogen) atoms. The number of amides is 1. The summed E-state index contributed by atoms with van der Waals surface area (Å²) in [6.45, 7) is 2.66. The normalized spacial score (nSPS) is 12.1. The molecule has 1 atom stereocenters. The van der Waals surface area contributed by atoms with Gasteiger partial charge < -0.3 is 15.5 Å². The van der Waals surface area contributed by atoms with E-state index in [0.717, 1.165) is 51.4 Å². The molecule has 0 aromatic carbocycles. The lowest BCUT2D eigenvalue weighted by Crippen LogP contribution is -2.23. The summed E-state index contributed by atoms with van der Waals surface area (Å²) in [5.41, 5.74) is 0. The first kappa shape index (κ1) is 21.9. The Labute approximate surface area is 140 Å². The van der Waals surface area contributed by atoms with Crippen LogP contribution in [0.25, 0.3) is 0 Å². The van der Waals surface area contributed by atoms with Gasteiger partial charge in [-0.3, -0.25) is 9.59 Å². The zero-order valence-corrected chi connectivity index (χ0v) is 14.7. The maximum Gasteiger partial charge on any atom is 0.303 e. The lowest BCUT2D eigenvalue weighted by atomic mass is 10.1. The fourth-order valence-electron chi connectivity index (χ4n) is 2.47.